The van der Waals surface area contributed by atoms with Gasteiger partial charge in [0.1, 0.15) is 11.9 Å². The Kier molecular flexibility index (Phi) is 10.3. The van der Waals surface area contributed by atoms with E-state index in [4.69, 9.17) is 10.5 Å². The number of nitrogens with one attached hydrogen (secondary N) is 1. The lowest BCUT2D eigenvalue weighted by Crippen LogP contribution is -2.40. The fraction of sp³-hybridized carbons (Fsp3) is 0.423. The Bertz CT molecular complexity index is 846. The molecule has 1 aliphatic heterocycles. The van der Waals surface area contributed by atoms with Crippen molar-refractivity contribution in [2.75, 3.05) is 26.7 Å². The molecule has 168 valence electrons. The molecule has 1 saturated heterocycles. The van der Waals surface area contributed by atoms with Crippen LogP contribution in [0, 0.1) is 6.92 Å². The van der Waals surface area contributed by atoms with E-state index in [1.165, 1.54) is 24.9 Å². The summed E-state index contributed by atoms with van der Waals surface area (Å²) in [4.78, 5) is 13.9. The van der Waals surface area contributed by atoms with Crippen molar-refractivity contribution >= 4 is 11.4 Å². The molecule has 0 amide bonds. The molecule has 0 aromatic heterocycles. The Morgan fingerprint density at radius 2 is 2.00 bits per heavy atom. The minimum Gasteiger partial charge on any atom is -0.489 e. The molecule has 5 nitrogen and oxygen atoms in total. The summed E-state index contributed by atoms with van der Waals surface area (Å²) in [6, 6.07) is 16.0. The van der Waals surface area contributed by atoms with Gasteiger partial charge >= 0.3 is 0 Å². The average molecular weight is 424 g/mol. The molecule has 1 heterocycles. The number of nitrogens with two attached hydrogens (primary N) is 1. The molecule has 31 heavy (non-hydrogen) atoms. The van der Waals surface area contributed by atoms with E-state index in [0.717, 1.165) is 30.0 Å². The van der Waals surface area contributed by atoms with Crippen molar-refractivity contribution in [3.8, 4) is 5.75 Å². The summed E-state index contributed by atoms with van der Waals surface area (Å²) in [5.41, 5.74) is 9.43. The van der Waals surface area contributed by atoms with Gasteiger partial charge in [0.25, 0.3) is 0 Å². The molecule has 0 radical (unpaired) electrons. The zero-order valence-electron chi connectivity index (χ0n) is 19.4. The minimum atomic E-state index is 0.0403. The van der Waals surface area contributed by atoms with Crippen LogP contribution in [-0.2, 0) is 11.3 Å². The molecular weight excluding hydrogens is 386 g/mol. The van der Waals surface area contributed by atoms with Crippen molar-refractivity contribution in [2.45, 2.75) is 46.3 Å². The summed E-state index contributed by atoms with van der Waals surface area (Å²) in [5.74, 6) is 1.05. The highest BCUT2D eigenvalue weighted by molar-refractivity contribution is 6.19. The van der Waals surface area contributed by atoms with Crippen LogP contribution in [0.15, 0.2) is 54.7 Å². The highest BCUT2D eigenvalue weighted by Crippen LogP contribution is 2.19. The van der Waals surface area contributed by atoms with Crippen molar-refractivity contribution in [3.05, 3.63) is 71.4 Å². The number of benzene rings is 2. The molecule has 1 aliphatic rings. The molecule has 2 aromatic carbocycles. The third kappa shape index (κ3) is 8.19. The van der Waals surface area contributed by atoms with Crippen LogP contribution in [0.4, 0.5) is 0 Å². The zero-order chi connectivity index (χ0) is 22.6. The molecule has 1 fully saturated rings. The number of ether oxygens (including phenoxy) is 1. The smallest absolute Gasteiger partial charge is 0.161 e. The summed E-state index contributed by atoms with van der Waals surface area (Å²) < 4.78 is 6.00. The first-order valence-electron chi connectivity index (χ1n) is 11.1. The topological polar surface area (TPSA) is 67.6 Å². The number of aryl methyl sites for hydroxylation is 1. The van der Waals surface area contributed by atoms with Crippen molar-refractivity contribution < 1.29 is 9.53 Å². The van der Waals surface area contributed by atoms with E-state index in [1.807, 2.05) is 24.3 Å². The van der Waals surface area contributed by atoms with E-state index in [1.54, 1.807) is 20.2 Å². The second kappa shape index (κ2) is 12.9. The van der Waals surface area contributed by atoms with Crippen LogP contribution in [0.2, 0.25) is 0 Å². The molecule has 0 saturated carbocycles. The quantitative estimate of drug-likeness (QED) is 0.655. The van der Waals surface area contributed by atoms with Gasteiger partial charge in [-0.1, -0.05) is 42.8 Å². The van der Waals surface area contributed by atoms with Crippen LogP contribution in [0.3, 0.4) is 0 Å². The Balaban J connectivity index is 0.000000221. The molecular formula is C26H37N3O2. The number of carbonyl (C=O) groups is 1. The lowest BCUT2D eigenvalue weighted by Gasteiger charge is -2.32. The van der Waals surface area contributed by atoms with Gasteiger partial charge in [-0.25, -0.2) is 0 Å². The first kappa shape index (κ1) is 24.6. The zero-order valence-corrected chi connectivity index (χ0v) is 19.4. The maximum atomic E-state index is 11.4. The number of allylic oxidation sites excluding steroid dienone is 1. The number of piperidine rings is 1. The summed E-state index contributed by atoms with van der Waals surface area (Å²) >= 11 is 0. The van der Waals surface area contributed by atoms with Gasteiger partial charge < -0.3 is 15.8 Å². The van der Waals surface area contributed by atoms with Gasteiger partial charge in [-0.05, 0) is 69.1 Å². The van der Waals surface area contributed by atoms with Gasteiger partial charge in [-0.2, -0.15) is 0 Å². The highest BCUT2D eigenvalue weighted by Gasteiger charge is 2.19. The van der Waals surface area contributed by atoms with Gasteiger partial charge in [0.15, 0.2) is 5.78 Å². The van der Waals surface area contributed by atoms with E-state index in [0.29, 0.717) is 18.2 Å². The molecule has 0 aliphatic carbocycles. The predicted octanol–water partition coefficient (Wildman–Crippen LogP) is 4.15. The first-order chi connectivity index (χ1) is 15.0. The molecule has 0 spiro atoms. The van der Waals surface area contributed by atoms with Crippen LogP contribution >= 0.6 is 0 Å². The summed E-state index contributed by atoms with van der Waals surface area (Å²) in [5, 5.41) is 2.87. The normalized spacial score (nSPS) is 16.8. The van der Waals surface area contributed by atoms with E-state index in [-0.39, 0.29) is 5.78 Å². The van der Waals surface area contributed by atoms with Crippen molar-refractivity contribution in [1.29, 1.82) is 0 Å². The maximum Gasteiger partial charge on any atom is 0.161 e. The van der Waals surface area contributed by atoms with Gasteiger partial charge in [-0.15, -0.1) is 0 Å². The third-order valence-electron chi connectivity index (χ3n) is 5.37. The molecule has 2 aromatic rings. The minimum absolute atomic E-state index is 0.0403. The van der Waals surface area contributed by atoms with Crippen LogP contribution in [0.1, 0.15) is 43.4 Å². The Morgan fingerprint density at radius 3 is 2.61 bits per heavy atom. The van der Waals surface area contributed by atoms with Crippen LogP contribution in [-0.4, -0.2) is 43.5 Å². The van der Waals surface area contributed by atoms with Crippen molar-refractivity contribution in [2.24, 2.45) is 5.73 Å². The molecule has 3 rings (SSSR count). The lowest BCUT2D eigenvalue weighted by atomic mass is 10.0. The predicted molar refractivity (Wildman–Crippen MR) is 129 cm³/mol. The summed E-state index contributed by atoms with van der Waals surface area (Å²) in [6.07, 6.45) is 4.52. The van der Waals surface area contributed by atoms with Gasteiger partial charge in [0.2, 0.25) is 0 Å². The van der Waals surface area contributed by atoms with Gasteiger partial charge in [0, 0.05) is 31.9 Å². The number of carbonyl (C=O) groups excluding carboxylic acids is 1. The molecule has 0 bridgehead atoms. The maximum absolute atomic E-state index is 11.4. The molecule has 5 heteroatoms. The Labute approximate surface area is 187 Å². The number of hydrogen-bond acceptors (Lipinski definition) is 5. The highest BCUT2D eigenvalue weighted by atomic mass is 16.5. The Hall–Kier alpha value is -2.63. The number of likely N-dealkylation sites (tertiary alicyclic amines) is 1. The molecule has 1 atom stereocenters. The fourth-order valence-electron chi connectivity index (χ4n) is 3.60. The Morgan fingerprint density at radius 1 is 1.26 bits per heavy atom. The van der Waals surface area contributed by atoms with Crippen molar-refractivity contribution in [3.63, 3.8) is 0 Å². The summed E-state index contributed by atoms with van der Waals surface area (Å²) in [7, 11) is 1.77. The number of likely N-dealkylation sites (N-methyl/N-ethyl adjacent to an activating group) is 1. The van der Waals surface area contributed by atoms with E-state index in [2.05, 4.69) is 48.3 Å². The first-order valence-corrected chi connectivity index (χ1v) is 11.1. The van der Waals surface area contributed by atoms with E-state index in [9.17, 15) is 4.79 Å². The largest absolute Gasteiger partial charge is 0.489 e. The second-order valence-electron chi connectivity index (χ2n) is 7.90. The summed E-state index contributed by atoms with van der Waals surface area (Å²) in [6.45, 7) is 9.79. The average Bonchev–Trinajstić information content (AvgIpc) is 2.79. The number of Topliss-reactive ketones (excluding diaryl/α,β-unsaturated/α-hetero) is 1. The standard InChI is InChI=1S/C14H21NO.C12H16N2O/c1-3-15-10-4-5-14(11-15)16-13-8-6-12(2)7-9-13;1-9(15)12(8-14-2)11-5-3-4-10(6-11)7-13/h6-9,14H,3-5,10-11H2,1-2H3;3-6,8,14H,7,13H2,1-2H3/b;12-8-. The fourth-order valence-corrected chi connectivity index (χ4v) is 3.60. The number of rotatable bonds is 7. The third-order valence-corrected chi connectivity index (χ3v) is 5.37. The van der Waals surface area contributed by atoms with Gasteiger partial charge in [0.05, 0.1) is 0 Å². The number of nitrogens with zero attached hydrogens (tertiary/aromatic N) is 1. The second-order valence-corrected chi connectivity index (χ2v) is 7.90. The van der Waals surface area contributed by atoms with Gasteiger partial charge in [-0.3, -0.25) is 9.69 Å². The lowest BCUT2D eigenvalue weighted by molar-refractivity contribution is -0.111. The monoisotopic (exact) mass is 423 g/mol. The molecule has 3 N–H and O–H groups in total. The van der Waals surface area contributed by atoms with E-state index >= 15 is 0 Å². The van der Waals surface area contributed by atoms with Crippen LogP contribution in [0.25, 0.3) is 5.57 Å². The van der Waals surface area contributed by atoms with Crippen molar-refractivity contribution in [1.82, 2.24) is 10.2 Å². The van der Waals surface area contributed by atoms with E-state index < -0.39 is 0 Å². The number of hydrogen-bond donors (Lipinski definition) is 2. The SMILES string of the molecule is CCN1CCCC(Oc2ccc(C)cc2)C1.CN/C=C(/C(C)=O)c1cccc(CN)c1. The molecule has 1 unspecified atom stereocenters. The van der Waals surface area contributed by atoms with Crippen LogP contribution < -0.4 is 15.8 Å². The number of ketones is 1. The van der Waals surface area contributed by atoms with Crippen LogP contribution in [0.5, 0.6) is 5.75 Å².